The summed E-state index contributed by atoms with van der Waals surface area (Å²) in [6.07, 6.45) is 1.25. The summed E-state index contributed by atoms with van der Waals surface area (Å²) >= 11 is 12.0. The van der Waals surface area contributed by atoms with E-state index in [1.54, 1.807) is 13.0 Å². The van der Waals surface area contributed by atoms with Crippen molar-refractivity contribution in [3.63, 3.8) is 0 Å². The second-order valence-electron chi connectivity index (χ2n) is 7.78. The minimum atomic E-state index is -0.699. The van der Waals surface area contributed by atoms with Gasteiger partial charge in [0.15, 0.2) is 0 Å². The Hall–Kier alpha value is -1.79. The second-order valence-corrected chi connectivity index (χ2v) is 8.66. The van der Waals surface area contributed by atoms with Crippen LogP contribution >= 0.6 is 23.2 Å². The Morgan fingerprint density at radius 2 is 1.74 bits per heavy atom. The van der Waals surface area contributed by atoms with Crippen molar-refractivity contribution >= 4 is 40.9 Å². The zero-order chi connectivity index (χ0) is 20.4. The summed E-state index contributed by atoms with van der Waals surface area (Å²) in [5.41, 5.74) is -0.0530. The fourth-order valence-corrected chi connectivity index (χ4v) is 3.50. The lowest BCUT2D eigenvalue weighted by atomic mass is 10.1. The fourth-order valence-electron chi connectivity index (χ4n) is 2.98. The summed E-state index contributed by atoms with van der Waals surface area (Å²) < 4.78 is 0. The number of hydrogen-bond donors (Lipinski definition) is 2. The van der Waals surface area contributed by atoms with Crippen LogP contribution in [-0.2, 0) is 9.59 Å². The van der Waals surface area contributed by atoms with Crippen LogP contribution in [0.2, 0.25) is 10.0 Å². The first-order valence-electron chi connectivity index (χ1n) is 8.87. The molecule has 2 N–H and O–H groups in total. The Labute approximate surface area is 169 Å². The van der Waals surface area contributed by atoms with Gasteiger partial charge in [-0.2, -0.15) is 0 Å². The van der Waals surface area contributed by atoms with E-state index in [9.17, 15) is 14.4 Å². The van der Waals surface area contributed by atoms with Gasteiger partial charge in [-0.15, -0.1) is 0 Å². The molecule has 1 aromatic rings. The molecule has 1 heterocycles. The Morgan fingerprint density at radius 1 is 1.15 bits per heavy atom. The molecule has 1 aliphatic heterocycles. The van der Waals surface area contributed by atoms with E-state index in [-0.39, 0.29) is 17.7 Å². The maximum Gasteiger partial charge on any atom is 0.254 e. The van der Waals surface area contributed by atoms with E-state index >= 15 is 0 Å². The molecule has 0 saturated carbocycles. The Morgan fingerprint density at radius 3 is 2.30 bits per heavy atom. The molecule has 0 aromatic heterocycles. The molecule has 148 valence electrons. The van der Waals surface area contributed by atoms with Gasteiger partial charge < -0.3 is 15.5 Å². The standard InChI is InChI=1S/C19H25Cl2N3O3/c1-11(16(25)23-19(2,3)4)22-17(26)15-6-5-7-24(15)18(27)12-8-13(20)10-14(21)9-12/h8-11,15H,5-7H2,1-4H3,(H,22,26)(H,23,25). The zero-order valence-corrected chi connectivity index (χ0v) is 17.4. The summed E-state index contributed by atoms with van der Waals surface area (Å²) in [5, 5.41) is 6.25. The molecule has 0 aliphatic carbocycles. The third kappa shape index (κ3) is 5.84. The van der Waals surface area contributed by atoms with Gasteiger partial charge in [0.05, 0.1) is 0 Å². The molecule has 2 rings (SSSR count). The monoisotopic (exact) mass is 413 g/mol. The first-order chi connectivity index (χ1) is 12.5. The molecular weight excluding hydrogens is 389 g/mol. The highest BCUT2D eigenvalue weighted by molar-refractivity contribution is 6.35. The number of halogens is 2. The highest BCUT2D eigenvalue weighted by atomic mass is 35.5. The predicted molar refractivity (Wildman–Crippen MR) is 106 cm³/mol. The van der Waals surface area contributed by atoms with Crippen LogP contribution in [0.4, 0.5) is 0 Å². The molecule has 2 unspecified atom stereocenters. The second kappa shape index (κ2) is 8.48. The normalized spacial score (nSPS) is 18.1. The first kappa shape index (κ1) is 21.5. The van der Waals surface area contributed by atoms with Crippen LogP contribution in [0.1, 0.15) is 50.9 Å². The highest BCUT2D eigenvalue weighted by Gasteiger charge is 2.36. The van der Waals surface area contributed by atoms with Crippen molar-refractivity contribution in [1.29, 1.82) is 0 Å². The molecule has 1 aliphatic rings. The smallest absolute Gasteiger partial charge is 0.254 e. The van der Waals surface area contributed by atoms with Gasteiger partial charge in [-0.1, -0.05) is 23.2 Å². The molecule has 8 heteroatoms. The third-order valence-corrected chi connectivity index (χ3v) is 4.61. The highest BCUT2D eigenvalue weighted by Crippen LogP contribution is 2.24. The van der Waals surface area contributed by atoms with E-state index in [0.29, 0.717) is 35.0 Å². The van der Waals surface area contributed by atoms with Crippen molar-refractivity contribution in [2.24, 2.45) is 0 Å². The molecule has 6 nitrogen and oxygen atoms in total. The van der Waals surface area contributed by atoms with Crippen molar-refractivity contribution < 1.29 is 14.4 Å². The van der Waals surface area contributed by atoms with Crippen LogP contribution in [0.25, 0.3) is 0 Å². The molecular formula is C19H25Cl2N3O3. The quantitative estimate of drug-likeness (QED) is 0.795. The molecule has 27 heavy (non-hydrogen) atoms. The molecule has 3 amide bonds. The molecule has 2 atom stereocenters. The average Bonchev–Trinajstić information content (AvgIpc) is 3.01. The topological polar surface area (TPSA) is 78.5 Å². The third-order valence-electron chi connectivity index (χ3n) is 4.18. The fraction of sp³-hybridized carbons (Fsp3) is 0.526. The van der Waals surface area contributed by atoms with Crippen molar-refractivity contribution in [3.8, 4) is 0 Å². The SMILES string of the molecule is CC(NC(=O)C1CCCN1C(=O)c1cc(Cl)cc(Cl)c1)C(=O)NC(C)(C)C. The Kier molecular flexibility index (Phi) is 6.76. The number of carbonyl (C=O) groups excluding carboxylic acids is 3. The molecule has 0 bridgehead atoms. The minimum Gasteiger partial charge on any atom is -0.350 e. The summed E-state index contributed by atoms with van der Waals surface area (Å²) in [6, 6.07) is 3.28. The first-order valence-corrected chi connectivity index (χ1v) is 9.63. The predicted octanol–water partition coefficient (Wildman–Crippen LogP) is 3.02. The van der Waals surface area contributed by atoms with Gasteiger partial charge in [0.25, 0.3) is 5.91 Å². The van der Waals surface area contributed by atoms with Gasteiger partial charge in [-0.25, -0.2) is 0 Å². The number of nitrogens with zero attached hydrogens (tertiary/aromatic N) is 1. The van der Waals surface area contributed by atoms with Crippen LogP contribution < -0.4 is 10.6 Å². The van der Waals surface area contributed by atoms with Crippen molar-refractivity contribution in [2.45, 2.75) is 58.2 Å². The van der Waals surface area contributed by atoms with Crippen molar-refractivity contribution in [2.75, 3.05) is 6.54 Å². The number of nitrogens with one attached hydrogen (secondary N) is 2. The molecule has 0 spiro atoms. The zero-order valence-electron chi connectivity index (χ0n) is 15.9. The lowest BCUT2D eigenvalue weighted by Gasteiger charge is -2.27. The molecule has 1 fully saturated rings. The summed E-state index contributed by atoms with van der Waals surface area (Å²) in [4.78, 5) is 39.2. The van der Waals surface area contributed by atoms with Crippen molar-refractivity contribution in [3.05, 3.63) is 33.8 Å². The summed E-state index contributed by atoms with van der Waals surface area (Å²) in [7, 11) is 0. The van der Waals surface area contributed by atoms with Crippen LogP contribution in [0.5, 0.6) is 0 Å². The lowest BCUT2D eigenvalue weighted by Crippen LogP contribution is -2.54. The van der Waals surface area contributed by atoms with Gasteiger partial charge in [-0.05, 0) is 58.7 Å². The van der Waals surface area contributed by atoms with E-state index in [2.05, 4.69) is 10.6 Å². The maximum absolute atomic E-state index is 12.8. The van der Waals surface area contributed by atoms with E-state index < -0.39 is 17.6 Å². The number of hydrogen-bond acceptors (Lipinski definition) is 3. The van der Waals surface area contributed by atoms with Gasteiger partial charge in [0.2, 0.25) is 11.8 Å². The van der Waals surface area contributed by atoms with E-state index in [1.807, 2.05) is 20.8 Å². The number of likely N-dealkylation sites (tertiary alicyclic amines) is 1. The Bertz CT molecular complexity index is 726. The maximum atomic E-state index is 12.8. The van der Waals surface area contributed by atoms with E-state index in [4.69, 9.17) is 23.2 Å². The summed E-state index contributed by atoms with van der Waals surface area (Å²) in [5.74, 6) is -0.914. The Balaban J connectivity index is 2.07. The van der Waals surface area contributed by atoms with Crippen LogP contribution in [0.3, 0.4) is 0 Å². The number of benzene rings is 1. The van der Waals surface area contributed by atoms with Crippen LogP contribution in [0.15, 0.2) is 18.2 Å². The van der Waals surface area contributed by atoms with Gasteiger partial charge in [0, 0.05) is 27.7 Å². The van der Waals surface area contributed by atoms with E-state index in [0.717, 1.165) is 0 Å². The average molecular weight is 414 g/mol. The number of amides is 3. The van der Waals surface area contributed by atoms with Gasteiger partial charge in [0.1, 0.15) is 12.1 Å². The van der Waals surface area contributed by atoms with Crippen LogP contribution in [0, 0.1) is 0 Å². The van der Waals surface area contributed by atoms with Gasteiger partial charge in [-0.3, -0.25) is 14.4 Å². The summed E-state index contributed by atoms with van der Waals surface area (Å²) in [6.45, 7) is 7.69. The minimum absolute atomic E-state index is 0.270. The number of carbonyl (C=O) groups is 3. The lowest BCUT2D eigenvalue weighted by molar-refractivity contribution is -0.131. The number of rotatable bonds is 4. The van der Waals surface area contributed by atoms with Gasteiger partial charge >= 0.3 is 0 Å². The van der Waals surface area contributed by atoms with Crippen LogP contribution in [-0.4, -0.2) is 46.8 Å². The van der Waals surface area contributed by atoms with Crippen molar-refractivity contribution in [1.82, 2.24) is 15.5 Å². The largest absolute Gasteiger partial charge is 0.350 e. The van der Waals surface area contributed by atoms with E-state index in [1.165, 1.54) is 17.0 Å². The molecule has 1 aromatic carbocycles. The molecule has 0 radical (unpaired) electrons. The molecule has 1 saturated heterocycles.